The molecule has 0 spiro atoms. The fourth-order valence-corrected chi connectivity index (χ4v) is 2.70. The average Bonchev–Trinajstić information content (AvgIpc) is 3.06. The lowest BCUT2D eigenvalue weighted by Crippen LogP contribution is -2.39. The third-order valence-electron chi connectivity index (χ3n) is 4.04. The zero-order chi connectivity index (χ0) is 15.6. The molecule has 0 amide bonds. The molecule has 0 saturated carbocycles. The van der Waals surface area contributed by atoms with E-state index in [4.69, 9.17) is 4.74 Å². The molecule has 3 rings (SSSR count). The molecule has 2 aromatic rings. The normalized spacial score (nSPS) is 22.1. The van der Waals surface area contributed by atoms with Crippen molar-refractivity contribution in [3.05, 3.63) is 47.8 Å². The van der Waals surface area contributed by atoms with Gasteiger partial charge < -0.3 is 14.8 Å². The van der Waals surface area contributed by atoms with Crippen LogP contribution in [0.15, 0.2) is 30.6 Å². The molecule has 0 radical (unpaired) electrons. The van der Waals surface area contributed by atoms with Gasteiger partial charge in [-0.05, 0) is 37.6 Å². The van der Waals surface area contributed by atoms with Crippen LogP contribution in [0.25, 0.3) is 0 Å². The number of ether oxygens (including phenoxy) is 1. The zero-order valence-electron chi connectivity index (χ0n) is 12.6. The number of aliphatic hydroxyl groups is 1. The number of H-pyrrole nitrogens is 1. The van der Waals surface area contributed by atoms with Crippen molar-refractivity contribution >= 4 is 0 Å². The van der Waals surface area contributed by atoms with E-state index in [0.29, 0.717) is 25.3 Å². The molecule has 2 N–H and O–H groups in total. The summed E-state index contributed by atoms with van der Waals surface area (Å²) in [5.41, 5.74) is 1.18. The Morgan fingerprint density at radius 3 is 2.86 bits per heavy atom. The monoisotopic (exact) mass is 305 g/mol. The molecule has 118 valence electrons. The SMILES string of the molecule is Cc1[nH]cnc1CN1CC[C@](O)(COc2ccc(F)cc2)C1. The Kier molecular flexibility index (Phi) is 4.13. The number of hydrogen-bond donors (Lipinski definition) is 2. The van der Waals surface area contributed by atoms with Crippen molar-refractivity contribution in [2.75, 3.05) is 19.7 Å². The van der Waals surface area contributed by atoms with E-state index in [9.17, 15) is 9.50 Å². The van der Waals surface area contributed by atoms with Gasteiger partial charge in [0.05, 0.1) is 12.0 Å². The van der Waals surface area contributed by atoms with Crippen molar-refractivity contribution in [2.24, 2.45) is 0 Å². The second-order valence-electron chi connectivity index (χ2n) is 5.90. The molecule has 1 atom stereocenters. The predicted molar refractivity (Wildman–Crippen MR) is 80.1 cm³/mol. The number of imidazole rings is 1. The van der Waals surface area contributed by atoms with Gasteiger partial charge in [0.15, 0.2) is 0 Å². The number of benzene rings is 1. The first-order valence-electron chi connectivity index (χ1n) is 7.36. The maximum atomic E-state index is 12.8. The molecule has 1 aromatic carbocycles. The predicted octanol–water partition coefficient (Wildman–Crippen LogP) is 1.87. The van der Waals surface area contributed by atoms with Gasteiger partial charge in [-0.15, -0.1) is 0 Å². The average molecular weight is 305 g/mol. The highest BCUT2D eigenvalue weighted by molar-refractivity contribution is 5.22. The van der Waals surface area contributed by atoms with Gasteiger partial charge in [0.2, 0.25) is 0 Å². The van der Waals surface area contributed by atoms with Crippen molar-refractivity contribution < 1.29 is 14.2 Å². The number of aryl methyl sites for hydroxylation is 1. The number of likely N-dealkylation sites (tertiary alicyclic amines) is 1. The molecular weight excluding hydrogens is 285 g/mol. The Labute approximate surface area is 128 Å². The number of aromatic amines is 1. The van der Waals surface area contributed by atoms with Crippen LogP contribution in [-0.4, -0.2) is 45.3 Å². The van der Waals surface area contributed by atoms with Crippen LogP contribution in [0, 0.1) is 12.7 Å². The summed E-state index contributed by atoms with van der Waals surface area (Å²) >= 11 is 0. The fourth-order valence-electron chi connectivity index (χ4n) is 2.70. The summed E-state index contributed by atoms with van der Waals surface area (Å²) in [5, 5.41) is 10.6. The molecule has 0 unspecified atom stereocenters. The number of nitrogens with one attached hydrogen (secondary N) is 1. The largest absolute Gasteiger partial charge is 0.491 e. The van der Waals surface area contributed by atoms with Crippen molar-refractivity contribution in [1.82, 2.24) is 14.9 Å². The fraction of sp³-hybridized carbons (Fsp3) is 0.438. The molecule has 6 heteroatoms. The van der Waals surface area contributed by atoms with Gasteiger partial charge in [0.1, 0.15) is 23.8 Å². The minimum atomic E-state index is -0.876. The maximum Gasteiger partial charge on any atom is 0.123 e. The maximum absolute atomic E-state index is 12.8. The number of hydrogen-bond acceptors (Lipinski definition) is 4. The molecule has 1 saturated heterocycles. The Bertz CT molecular complexity index is 629. The molecule has 22 heavy (non-hydrogen) atoms. The summed E-state index contributed by atoms with van der Waals surface area (Å²) in [4.78, 5) is 9.51. The topological polar surface area (TPSA) is 61.4 Å². The Balaban J connectivity index is 1.54. The Morgan fingerprint density at radius 1 is 1.41 bits per heavy atom. The van der Waals surface area contributed by atoms with Crippen LogP contribution >= 0.6 is 0 Å². The van der Waals surface area contributed by atoms with E-state index < -0.39 is 5.60 Å². The lowest BCUT2D eigenvalue weighted by molar-refractivity contribution is 0.00328. The van der Waals surface area contributed by atoms with Crippen LogP contribution in [0.3, 0.4) is 0 Å². The van der Waals surface area contributed by atoms with E-state index >= 15 is 0 Å². The molecule has 0 bridgehead atoms. The summed E-state index contributed by atoms with van der Waals surface area (Å²) in [5.74, 6) is 0.267. The van der Waals surface area contributed by atoms with E-state index in [2.05, 4.69) is 14.9 Å². The molecule has 2 heterocycles. The Hall–Kier alpha value is -1.92. The van der Waals surface area contributed by atoms with E-state index in [0.717, 1.165) is 17.9 Å². The second-order valence-corrected chi connectivity index (χ2v) is 5.90. The first-order valence-corrected chi connectivity index (χ1v) is 7.36. The Morgan fingerprint density at radius 2 is 2.18 bits per heavy atom. The summed E-state index contributed by atoms with van der Waals surface area (Å²) in [7, 11) is 0. The smallest absolute Gasteiger partial charge is 0.123 e. The molecule has 1 aliphatic rings. The van der Waals surface area contributed by atoms with Gasteiger partial charge in [-0.3, -0.25) is 4.90 Å². The standard InChI is InChI=1S/C16H20FN3O2/c1-12-15(19-11-18-12)8-20-7-6-16(21,9-20)10-22-14-4-2-13(17)3-5-14/h2-5,11,21H,6-10H2,1H3,(H,18,19)/t16-/m1/s1. The van der Waals surface area contributed by atoms with Crippen LogP contribution in [0.5, 0.6) is 5.75 Å². The van der Waals surface area contributed by atoms with Crippen molar-refractivity contribution in [3.8, 4) is 5.75 Å². The first kappa shape index (κ1) is 15.0. The summed E-state index contributed by atoms with van der Waals surface area (Å²) in [6.07, 6.45) is 2.34. The number of β-amino-alcohol motifs (C(OH)–C–C–N with tert-alkyl or cyclic N) is 1. The van der Waals surface area contributed by atoms with E-state index in [1.54, 1.807) is 18.5 Å². The van der Waals surface area contributed by atoms with Crippen LogP contribution in [0.4, 0.5) is 4.39 Å². The van der Waals surface area contributed by atoms with Crippen LogP contribution in [0.1, 0.15) is 17.8 Å². The third kappa shape index (κ3) is 3.45. The van der Waals surface area contributed by atoms with Gasteiger partial charge in [0.25, 0.3) is 0 Å². The van der Waals surface area contributed by atoms with E-state index in [1.807, 2.05) is 6.92 Å². The first-order chi connectivity index (χ1) is 10.5. The number of rotatable bonds is 5. The minimum Gasteiger partial charge on any atom is -0.491 e. The zero-order valence-corrected chi connectivity index (χ0v) is 12.6. The van der Waals surface area contributed by atoms with Gasteiger partial charge in [-0.25, -0.2) is 9.37 Å². The summed E-state index contributed by atoms with van der Waals surface area (Å²) < 4.78 is 18.4. The van der Waals surface area contributed by atoms with Crippen LogP contribution in [-0.2, 0) is 6.54 Å². The van der Waals surface area contributed by atoms with Crippen LogP contribution in [0.2, 0.25) is 0 Å². The van der Waals surface area contributed by atoms with Crippen molar-refractivity contribution in [1.29, 1.82) is 0 Å². The number of aromatic nitrogens is 2. The molecule has 1 aliphatic heterocycles. The van der Waals surface area contributed by atoms with Crippen LogP contribution < -0.4 is 4.74 Å². The molecule has 0 aliphatic carbocycles. The van der Waals surface area contributed by atoms with Gasteiger partial charge in [0, 0.05) is 25.3 Å². The summed E-state index contributed by atoms with van der Waals surface area (Å²) in [6.45, 7) is 4.25. The van der Waals surface area contributed by atoms with Crippen molar-refractivity contribution in [3.63, 3.8) is 0 Å². The third-order valence-corrected chi connectivity index (χ3v) is 4.04. The van der Waals surface area contributed by atoms with Gasteiger partial charge >= 0.3 is 0 Å². The highest BCUT2D eigenvalue weighted by atomic mass is 19.1. The molecule has 1 fully saturated rings. The lowest BCUT2D eigenvalue weighted by atomic mass is 10.1. The van der Waals surface area contributed by atoms with E-state index in [-0.39, 0.29) is 12.4 Å². The summed E-state index contributed by atoms with van der Waals surface area (Å²) in [6, 6.07) is 5.83. The second kappa shape index (κ2) is 6.06. The van der Waals surface area contributed by atoms with E-state index in [1.165, 1.54) is 12.1 Å². The molecule has 1 aromatic heterocycles. The minimum absolute atomic E-state index is 0.203. The molecule has 5 nitrogen and oxygen atoms in total. The number of nitrogens with zero attached hydrogens (tertiary/aromatic N) is 2. The van der Waals surface area contributed by atoms with Crippen molar-refractivity contribution in [2.45, 2.75) is 25.5 Å². The highest BCUT2D eigenvalue weighted by Crippen LogP contribution is 2.24. The number of halogens is 1. The highest BCUT2D eigenvalue weighted by Gasteiger charge is 2.37. The van der Waals surface area contributed by atoms with Gasteiger partial charge in [-0.1, -0.05) is 0 Å². The van der Waals surface area contributed by atoms with Gasteiger partial charge in [-0.2, -0.15) is 0 Å². The quantitative estimate of drug-likeness (QED) is 0.885. The molecular formula is C16H20FN3O2. The lowest BCUT2D eigenvalue weighted by Gasteiger charge is -2.23.